The van der Waals surface area contributed by atoms with Gasteiger partial charge in [0.25, 0.3) is 0 Å². The second-order valence-electron chi connectivity index (χ2n) is 3.92. The van der Waals surface area contributed by atoms with E-state index in [1.807, 2.05) is 6.92 Å². The Morgan fingerprint density at radius 1 is 1.50 bits per heavy atom. The van der Waals surface area contributed by atoms with Crippen molar-refractivity contribution in [3.63, 3.8) is 0 Å². The maximum atomic E-state index is 13.7. The largest absolute Gasteiger partial charge is 0.357 e. The normalized spacial score (nSPS) is 10.1. The van der Waals surface area contributed by atoms with Crippen molar-refractivity contribution in [1.82, 2.24) is 14.9 Å². The van der Waals surface area contributed by atoms with Gasteiger partial charge in [-0.05, 0) is 6.92 Å². The lowest BCUT2D eigenvalue weighted by atomic mass is 10.4. The quantitative estimate of drug-likeness (QED) is 0.833. The average molecular weight is 255 g/mol. The fraction of sp³-hybridized carbons (Fsp3) is 0.545. The predicted molar refractivity (Wildman–Crippen MR) is 68.1 cm³/mol. The van der Waals surface area contributed by atoms with Gasteiger partial charge >= 0.3 is 0 Å². The summed E-state index contributed by atoms with van der Waals surface area (Å²) in [7, 11) is 4.97. The number of nitrogens with one attached hydrogen (secondary N) is 1. The van der Waals surface area contributed by atoms with Crippen LogP contribution in [-0.2, 0) is 4.79 Å². The molecule has 0 radical (unpaired) electrons. The SMILES string of the molecule is CCN(CC(=O)N(C)C)c1nc(NC)ncc1F. The summed E-state index contributed by atoms with van der Waals surface area (Å²) in [4.78, 5) is 22.5. The number of carbonyl (C=O) groups is 1. The first kappa shape index (κ1) is 14.1. The molecule has 0 spiro atoms. The minimum atomic E-state index is -0.539. The molecule has 1 aromatic rings. The first-order valence-corrected chi connectivity index (χ1v) is 5.65. The smallest absolute Gasteiger partial charge is 0.241 e. The minimum Gasteiger partial charge on any atom is -0.357 e. The monoisotopic (exact) mass is 255 g/mol. The van der Waals surface area contributed by atoms with E-state index in [1.165, 1.54) is 4.90 Å². The van der Waals surface area contributed by atoms with Gasteiger partial charge in [-0.3, -0.25) is 4.79 Å². The van der Waals surface area contributed by atoms with Gasteiger partial charge in [-0.2, -0.15) is 4.98 Å². The van der Waals surface area contributed by atoms with Gasteiger partial charge in [0, 0.05) is 27.7 Å². The standard InChI is InChI=1S/C11H18FN5O/c1-5-17(7-9(18)16(3)4)10-8(12)6-14-11(13-2)15-10/h6H,5,7H2,1-4H3,(H,13,14,15). The Hall–Kier alpha value is -1.92. The summed E-state index contributed by atoms with van der Waals surface area (Å²) >= 11 is 0. The lowest BCUT2D eigenvalue weighted by Gasteiger charge is -2.23. The molecule has 7 heteroatoms. The van der Waals surface area contributed by atoms with Gasteiger partial charge in [0.2, 0.25) is 11.9 Å². The summed E-state index contributed by atoms with van der Waals surface area (Å²) in [6, 6.07) is 0. The van der Waals surface area contributed by atoms with E-state index in [2.05, 4.69) is 15.3 Å². The summed E-state index contributed by atoms with van der Waals surface area (Å²) in [6.45, 7) is 2.40. The highest BCUT2D eigenvalue weighted by atomic mass is 19.1. The van der Waals surface area contributed by atoms with Gasteiger partial charge in [-0.25, -0.2) is 9.37 Å². The van der Waals surface area contributed by atoms with Gasteiger partial charge in [0.05, 0.1) is 12.7 Å². The van der Waals surface area contributed by atoms with Gasteiger partial charge in [0.15, 0.2) is 11.6 Å². The molecule has 1 aromatic heterocycles. The lowest BCUT2D eigenvalue weighted by Crippen LogP contribution is -2.37. The molecule has 0 atom stereocenters. The van der Waals surface area contributed by atoms with Crippen molar-refractivity contribution in [2.24, 2.45) is 0 Å². The van der Waals surface area contributed by atoms with Crippen LogP contribution in [-0.4, -0.2) is 55.0 Å². The van der Waals surface area contributed by atoms with Crippen LogP contribution in [0.4, 0.5) is 16.2 Å². The van der Waals surface area contributed by atoms with E-state index >= 15 is 0 Å². The first-order chi connectivity index (χ1) is 8.49. The Balaban J connectivity index is 2.97. The Morgan fingerprint density at radius 3 is 2.67 bits per heavy atom. The van der Waals surface area contributed by atoms with Crippen molar-refractivity contribution < 1.29 is 9.18 Å². The van der Waals surface area contributed by atoms with E-state index < -0.39 is 5.82 Å². The number of likely N-dealkylation sites (N-methyl/N-ethyl adjacent to an activating group) is 2. The number of hydrogen-bond acceptors (Lipinski definition) is 5. The Bertz CT molecular complexity index is 424. The van der Waals surface area contributed by atoms with E-state index in [0.29, 0.717) is 12.5 Å². The zero-order valence-corrected chi connectivity index (χ0v) is 11.1. The minimum absolute atomic E-state index is 0.0839. The number of amides is 1. The Kier molecular flexibility index (Phi) is 4.82. The van der Waals surface area contributed by atoms with E-state index in [4.69, 9.17) is 0 Å². The Labute approximate surface area is 106 Å². The van der Waals surface area contributed by atoms with Crippen LogP contribution in [0.2, 0.25) is 0 Å². The predicted octanol–water partition coefficient (Wildman–Crippen LogP) is 0.572. The third kappa shape index (κ3) is 3.28. The Morgan fingerprint density at radius 2 is 2.17 bits per heavy atom. The third-order valence-corrected chi connectivity index (χ3v) is 2.46. The topological polar surface area (TPSA) is 61.4 Å². The van der Waals surface area contributed by atoms with Gasteiger partial charge in [0.1, 0.15) is 0 Å². The summed E-state index contributed by atoms with van der Waals surface area (Å²) in [6.07, 6.45) is 1.09. The van der Waals surface area contributed by atoms with Crippen molar-refractivity contribution in [1.29, 1.82) is 0 Å². The fourth-order valence-corrected chi connectivity index (χ4v) is 1.34. The molecular weight excluding hydrogens is 237 g/mol. The molecule has 0 bridgehead atoms. The van der Waals surface area contributed by atoms with Gasteiger partial charge < -0.3 is 15.1 Å². The fourth-order valence-electron chi connectivity index (χ4n) is 1.34. The van der Waals surface area contributed by atoms with Crippen LogP contribution in [0.15, 0.2) is 6.20 Å². The molecule has 0 unspecified atom stereocenters. The van der Waals surface area contributed by atoms with Crippen LogP contribution in [0.5, 0.6) is 0 Å². The molecule has 0 aliphatic heterocycles. The summed E-state index contributed by atoms with van der Waals surface area (Å²) in [5.74, 6) is -0.197. The van der Waals surface area contributed by atoms with Gasteiger partial charge in [-0.15, -0.1) is 0 Å². The number of halogens is 1. The van der Waals surface area contributed by atoms with E-state index in [0.717, 1.165) is 6.20 Å². The second kappa shape index (κ2) is 6.13. The van der Waals surface area contributed by atoms with Crippen LogP contribution in [0.3, 0.4) is 0 Å². The second-order valence-corrected chi connectivity index (χ2v) is 3.92. The van der Waals surface area contributed by atoms with E-state index in [-0.39, 0.29) is 18.3 Å². The molecular formula is C11H18FN5O. The number of aromatic nitrogens is 2. The molecule has 100 valence electrons. The van der Waals surface area contributed by atoms with Crippen molar-refractivity contribution in [2.75, 3.05) is 44.4 Å². The molecule has 1 heterocycles. The van der Waals surface area contributed by atoms with Crippen LogP contribution < -0.4 is 10.2 Å². The highest BCUT2D eigenvalue weighted by Crippen LogP contribution is 2.16. The van der Waals surface area contributed by atoms with Gasteiger partial charge in [-0.1, -0.05) is 0 Å². The highest BCUT2D eigenvalue weighted by Gasteiger charge is 2.17. The van der Waals surface area contributed by atoms with Crippen molar-refractivity contribution in [2.45, 2.75) is 6.92 Å². The van der Waals surface area contributed by atoms with Crippen molar-refractivity contribution >= 4 is 17.7 Å². The van der Waals surface area contributed by atoms with Crippen LogP contribution >= 0.6 is 0 Å². The molecule has 0 fully saturated rings. The molecule has 0 saturated heterocycles. The number of nitrogens with zero attached hydrogens (tertiary/aromatic N) is 4. The third-order valence-electron chi connectivity index (χ3n) is 2.46. The van der Waals surface area contributed by atoms with Crippen LogP contribution in [0, 0.1) is 5.82 Å². The maximum Gasteiger partial charge on any atom is 0.241 e. The number of anilines is 2. The van der Waals surface area contributed by atoms with E-state index in [1.54, 1.807) is 26.0 Å². The molecule has 1 amide bonds. The number of hydrogen-bond donors (Lipinski definition) is 1. The van der Waals surface area contributed by atoms with Crippen LogP contribution in [0.1, 0.15) is 6.92 Å². The highest BCUT2D eigenvalue weighted by molar-refractivity contribution is 5.80. The van der Waals surface area contributed by atoms with E-state index in [9.17, 15) is 9.18 Å². The average Bonchev–Trinajstić information content (AvgIpc) is 2.36. The number of carbonyl (C=O) groups excluding carboxylic acids is 1. The van der Waals surface area contributed by atoms with Crippen molar-refractivity contribution in [3.8, 4) is 0 Å². The lowest BCUT2D eigenvalue weighted by molar-refractivity contribution is -0.127. The first-order valence-electron chi connectivity index (χ1n) is 5.65. The summed E-state index contributed by atoms with van der Waals surface area (Å²) in [5, 5.41) is 2.74. The molecule has 1 N–H and O–H groups in total. The zero-order valence-electron chi connectivity index (χ0n) is 11.1. The molecule has 1 rings (SSSR count). The molecule has 0 aliphatic carbocycles. The molecule has 18 heavy (non-hydrogen) atoms. The molecule has 6 nitrogen and oxygen atoms in total. The van der Waals surface area contributed by atoms with Crippen molar-refractivity contribution in [3.05, 3.63) is 12.0 Å². The van der Waals surface area contributed by atoms with Crippen LogP contribution in [0.25, 0.3) is 0 Å². The molecule has 0 saturated carbocycles. The summed E-state index contributed by atoms with van der Waals surface area (Å²) in [5.41, 5.74) is 0. The zero-order chi connectivity index (χ0) is 13.7. The molecule has 0 aliphatic rings. The number of rotatable bonds is 5. The maximum absolute atomic E-state index is 13.7. The summed E-state index contributed by atoms with van der Waals surface area (Å²) < 4.78 is 13.7. The molecule has 0 aromatic carbocycles.